The Bertz CT molecular complexity index is 495. The first-order valence-electron chi connectivity index (χ1n) is 7.95. The molecular weight excluding hydrogens is 280 g/mol. The zero-order valence-corrected chi connectivity index (χ0v) is 13.4. The molecule has 1 aromatic heterocycles. The summed E-state index contributed by atoms with van der Waals surface area (Å²) in [5.74, 6) is 0.982. The molecule has 3 N–H and O–H groups in total. The van der Waals surface area contributed by atoms with Gasteiger partial charge < -0.3 is 20.7 Å². The summed E-state index contributed by atoms with van der Waals surface area (Å²) in [6, 6.07) is 4.17. The van der Waals surface area contributed by atoms with Crippen molar-refractivity contribution in [3.05, 3.63) is 23.9 Å². The van der Waals surface area contributed by atoms with Crippen LogP contribution in [0.1, 0.15) is 32.3 Å². The Labute approximate surface area is 132 Å². The summed E-state index contributed by atoms with van der Waals surface area (Å²) in [5, 5.41) is 3.53. The van der Waals surface area contributed by atoms with E-state index < -0.39 is 0 Å². The van der Waals surface area contributed by atoms with Crippen LogP contribution in [-0.4, -0.2) is 41.7 Å². The molecule has 0 saturated carbocycles. The van der Waals surface area contributed by atoms with Gasteiger partial charge >= 0.3 is 6.09 Å². The summed E-state index contributed by atoms with van der Waals surface area (Å²) in [6.07, 6.45) is 3.68. The van der Waals surface area contributed by atoms with E-state index in [-0.39, 0.29) is 6.09 Å². The van der Waals surface area contributed by atoms with E-state index in [0.717, 1.165) is 38.0 Å². The molecule has 1 amide bonds. The van der Waals surface area contributed by atoms with E-state index in [0.29, 0.717) is 24.4 Å². The monoisotopic (exact) mass is 306 g/mol. The number of hydrogen-bond acceptors (Lipinski definition) is 5. The van der Waals surface area contributed by atoms with Crippen molar-refractivity contribution in [1.82, 2.24) is 15.2 Å². The van der Waals surface area contributed by atoms with E-state index in [1.807, 2.05) is 24.0 Å². The maximum atomic E-state index is 11.8. The summed E-state index contributed by atoms with van der Waals surface area (Å²) in [7, 11) is 0. The van der Waals surface area contributed by atoms with Crippen molar-refractivity contribution in [1.29, 1.82) is 0 Å². The van der Waals surface area contributed by atoms with Crippen LogP contribution in [0.3, 0.4) is 0 Å². The zero-order chi connectivity index (χ0) is 15.9. The van der Waals surface area contributed by atoms with Gasteiger partial charge in [0.2, 0.25) is 0 Å². The second-order valence-electron chi connectivity index (χ2n) is 5.81. The maximum absolute atomic E-state index is 11.8. The number of piperidine rings is 1. The van der Waals surface area contributed by atoms with Gasteiger partial charge in [-0.3, -0.25) is 0 Å². The van der Waals surface area contributed by atoms with Crippen molar-refractivity contribution in [2.24, 2.45) is 5.92 Å². The fourth-order valence-electron chi connectivity index (χ4n) is 2.85. The first-order chi connectivity index (χ1) is 10.6. The smallest absolute Gasteiger partial charge is 0.409 e. The highest BCUT2D eigenvalue weighted by Gasteiger charge is 2.27. The number of nitrogen functional groups attached to an aromatic ring is 1. The first-order valence-corrected chi connectivity index (χ1v) is 7.95. The second-order valence-corrected chi connectivity index (χ2v) is 5.81. The Balaban J connectivity index is 1.83. The third-order valence-corrected chi connectivity index (χ3v) is 4.16. The predicted octanol–water partition coefficient (Wildman–Crippen LogP) is 2.01. The largest absolute Gasteiger partial charge is 0.450 e. The van der Waals surface area contributed by atoms with Crippen molar-refractivity contribution in [3.63, 3.8) is 0 Å². The average Bonchev–Trinajstić information content (AvgIpc) is 2.53. The number of likely N-dealkylation sites (tertiary alicyclic amines) is 1. The molecule has 6 nitrogen and oxygen atoms in total. The molecule has 0 unspecified atom stereocenters. The Morgan fingerprint density at radius 3 is 3.18 bits per heavy atom. The lowest BCUT2D eigenvalue weighted by Gasteiger charge is -2.35. The summed E-state index contributed by atoms with van der Waals surface area (Å²) in [4.78, 5) is 17.7. The quantitative estimate of drug-likeness (QED) is 0.870. The summed E-state index contributed by atoms with van der Waals surface area (Å²) >= 11 is 0. The molecule has 1 aliphatic heterocycles. The van der Waals surface area contributed by atoms with Crippen LogP contribution in [0.4, 0.5) is 10.6 Å². The predicted molar refractivity (Wildman–Crippen MR) is 86.3 cm³/mol. The summed E-state index contributed by atoms with van der Waals surface area (Å²) in [6.45, 7) is 6.74. The number of nitrogens with zero attached hydrogens (tertiary/aromatic N) is 2. The molecule has 0 radical (unpaired) electrons. The van der Waals surface area contributed by atoms with Gasteiger partial charge in [-0.15, -0.1) is 0 Å². The molecule has 2 rings (SSSR count). The lowest BCUT2D eigenvalue weighted by Crippen LogP contribution is -2.46. The molecule has 0 aliphatic carbocycles. The zero-order valence-electron chi connectivity index (χ0n) is 13.4. The minimum atomic E-state index is -0.193. The van der Waals surface area contributed by atoms with Crippen molar-refractivity contribution in [3.8, 4) is 0 Å². The van der Waals surface area contributed by atoms with E-state index in [9.17, 15) is 4.79 Å². The van der Waals surface area contributed by atoms with Crippen molar-refractivity contribution < 1.29 is 9.53 Å². The number of aromatic nitrogens is 1. The molecular formula is C16H26N4O2. The van der Waals surface area contributed by atoms with Gasteiger partial charge in [0.05, 0.1) is 6.61 Å². The van der Waals surface area contributed by atoms with E-state index in [1.54, 1.807) is 6.20 Å². The molecule has 2 heterocycles. The lowest BCUT2D eigenvalue weighted by atomic mass is 9.91. The van der Waals surface area contributed by atoms with Crippen LogP contribution in [0.5, 0.6) is 0 Å². The Morgan fingerprint density at radius 1 is 1.64 bits per heavy atom. The van der Waals surface area contributed by atoms with E-state index in [2.05, 4.69) is 17.2 Å². The van der Waals surface area contributed by atoms with Crippen LogP contribution in [-0.2, 0) is 11.3 Å². The molecule has 122 valence electrons. The van der Waals surface area contributed by atoms with Crippen LogP contribution in [0.25, 0.3) is 0 Å². The normalized spacial score (nSPS) is 19.7. The number of hydrogen-bond donors (Lipinski definition) is 2. The molecule has 1 saturated heterocycles. The molecule has 0 aromatic carbocycles. The molecule has 1 aliphatic rings. The van der Waals surface area contributed by atoms with Crippen molar-refractivity contribution in [2.75, 3.05) is 25.4 Å². The number of ether oxygens (including phenoxy) is 1. The first kappa shape index (κ1) is 16.5. The molecule has 6 heteroatoms. The minimum absolute atomic E-state index is 0.193. The Kier molecular flexibility index (Phi) is 6.00. The molecule has 22 heavy (non-hydrogen) atoms. The molecule has 2 atom stereocenters. The number of rotatable bonds is 5. The van der Waals surface area contributed by atoms with Gasteiger partial charge in [0.15, 0.2) is 0 Å². The molecule has 1 fully saturated rings. The number of amides is 1. The van der Waals surface area contributed by atoms with Crippen LogP contribution < -0.4 is 11.1 Å². The van der Waals surface area contributed by atoms with Gasteiger partial charge in [-0.05, 0) is 50.3 Å². The highest BCUT2D eigenvalue weighted by molar-refractivity contribution is 5.67. The Hall–Kier alpha value is -1.82. The number of nitrogens with one attached hydrogen (secondary N) is 1. The standard InChI is InChI=1S/C16H26N4O2/c1-3-22-16(21)20-8-4-5-14(11-20)12(2)19-10-13-6-7-18-15(17)9-13/h6-7,9,12,14,19H,3-5,8,10-11H2,1-2H3,(H2,17,18)/t12-,14+/m1/s1. The highest BCUT2D eigenvalue weighted by Crippen LogP contribution is 2.20. The number of pyridine rings is 1. The minimum Gasteiger partial charge on any atom is -0.450 e. The molecule has 1 aromatic rings. The Morgan fingerprint density at radius 2 is 2.45 bits per heavy atom. The molecule has 0 spiro atoms. The number of carbonyl (C=O) groups excluding carboxylic acids is 1. The maximum Gasteiger partial charge on any atom is 0.409 e. The fourth-order valence-corrected chi connectivity index (χ4v) is 2.85. The van der Waals surface area contributed by atoms with Crippen LogP contribution in [0.15, 0.2) is 18.3 Å². The van der Waals surface area contributed by atoms with Crippen molar-refractivity contribution in [2.45, 2.75) is 39.3 Å². The van der Waals surface area contributed by atoms with Gasteiger partial charge in [0, 0.05) is 31.9 Å². The topological polar surface area (TPSA) is 80.5 Å². The molecule has 0 bridgehead atoms. The third-order valence-electron chi connectivity index (χ3n) is 4.16. The summed E-state index contributed by atoms with van der Waals surface area (Å²) < 4.78 is 5.10. The second kappa shape index (κ2) is 7.98. The number of carbonyl (C=O) groups is 1. The summed E-state index contributed by atoms with van der Waals surface area (Å²) in [5.41, 5.74) is 6.81. The van der Waals surface area contributed by atoms with Gasteiger partial charge in [0.25, 0.3) is 0 Å². The third kappa shape index (κ3) is 4.59. The van der Waals surface area contributed by atoms with Gasteiger partial charge in [-0.25, -0.2) is 9.78 Å². The van der Waals surface area contributed by atoms with Crippen molar-refractivity contribution >= 4 is 11.9 Å². The van der Waals surface area contributed by atoms with Crippen LogP contribution in [0, 0.1) is 5.92 Å². The number of nitrogens with two attached hydrogens (primary N) is 1. The van der Waals surface area contributed by atoms with Crippen LogP contribution in [0.2, 0.25) is 0 Å². The van der Waals surface area contributed by atoms with Crippen LogP contribution >= 0.6 is 0 Å². The van der Waals surface area contributed by atoms with E-state index in [1.165, 1.54) is 0 Å². The SMILES string of the molecule is CCOC(=O)N1CCC[C@H]([C@@H](C)NCc2ccnc(N)c2)C1. The number of anilines is 1. The fraction of sp³-hybridized carbons (Fsp3) is 0.625. The average molecular weight is 306 g/mol. The van der Waals surface area contributed by atoms with Gasteiger partial charge in [0.1, 0.15) is 5.82 Å². The lowest BCUT2D eigenvalue weighted by molar-refractivity contribution is 0.0830. The van der Waals surface area contributed by atoms with Gasteiger partial charge in [-0.1, -0.05) is 0 Å². The van der Waals surface area contributed by atoms with E-state index >= 15 is 0 Å². The highest BCUT2D eigenvalue weighted by atomic mass is 16.6. The van der Waals surface area contributed by atoms with Gasteiger partial charge in [-0.2, -0.15) is 0 Å². The van der Waals surface area contributed by atoms with E-state index in [4.69, 9.17) is 10.5 Å².